The lowest BCUT2D eigenvalue weighted by molar-refractivity contribution is -0.137. The number of aromatic hydroxyl groups is 1. The monoisotopic (exact) mass is 618 g/mol. The molecule has 0 unspecified atom stereocenters. The first-order valence-electron chi connectivity index (χ1n) is 12.8. The van der Waals surface area contributed by atoms with Gasteiger partial charge in [0.25, 0.3) is 5.91 Å². The summed E-state index contributed by atoms with van der Waals surface area (Å²) in [4.78, 5) is 32.1. The number of anilines is 1. The molecule has 7 nitrogen and oxygen atoms in total. The molecular formula is C28H25F3N4O3S3. The van der Waals surface area contributed by atoms with Gasteiger partial charge in [0, 0.05) is 48.6 Å². The second-order valence-electron chi connectivity index (χ2n) is 9.57. The lowest BCUT2D eigenvalue weighted by Crippen LogP contribution is -2.38. The maximum Gasteiger partial charge on any atom is 0.416 e. The molecule has 2 N–H and O–H groups in total. The molecule has 1 fully saturated rings. The van der Waals surface area contributed by atoms with Gasteiger partial charge in [-0.1, -0.05) is 30.3 Å². The normalized spacial score (nSPS) is 14.3. The van der Waals surface area contributed by atoms with Gasteiger partial charge in [-0.05, 0) is 48.8 Å². The Kier molecular flexibility index (Phi) is 8.57. The Bertz CT molecular complexity index is 1620. The first-order valence-corrected chi connectivity index (χ1v) is 15.0. The van der Waals surface area contributed by atoms with E-state index in [0.29, 0.717) is 53.2 Å². The summed E-state index contributed by atoms with van der Waals surface area (Å²) in [5, 5.41) is 16.7. The highest BCUT2D eigenvalue weighted by Gasteiger charge is 2.31. The number of hydrogen-bond acceptors (Lipinski definition) is 7. The third-order valence-corrected chi connectivity index (χ3v) is 9.21. The topological polar surface area (TPSA) is 87.5 Å². The predicted molar refractivity (Wildman–Crippen MR) is 155 cm³/mol. The summed E-state index contributed by atoms with van der Waals surface area (Å²) in [7, 11) is 0. The van der Waals surface area contributed by atoms with Crippen molar-refractivity contribution in [2.45, 2.75) is 37.9 Å². The molecule has 3 heterocycles. The van der Waals surface area contributed by atoms with Crippen molar-refractivity contribution in [1.82, 2.24) is 14.5 Å². The number of halogens is 3. The number of piperidine rings is 1. The first-order chi connectivity index (χ1) is 19.6. The summed E-state index contributed by atoms with van der Waals surface area (Å²) < 4.78 is 41.8. The van der Waals surface area contributed by atoms with Crippen molar-refractivity contribution in [2.24, 2.45) is 0 Å². The lowest BCUT2D eigenvalue weighted by Gasteiger charge is -2.31. The van der Waals surface area contributed by atoms with Gasteiger partial charge >= 0.3 is 6.18 Å². The highest BCUT2D eigenvalue weighted by Crippen LogP contribution is 2.35. The number of hydrogen-bond donors (Lipinski definition) is 2. The van der Waals surface area contributed by atoms with E-state index in [4.69, 9.17) is 12.2 Å². The number of nitrogens with zero attached hydrogens (tertiary/aromatic N) is 3. The van der Waals surface area contributed by atoms with E-state index in [1.165, 1.54) is 28.7 Å². The summed E-state index contributed by atoms with van der Waals surface area (Å²) >= 11 is 7.81. The van der Waals surface area contributed by atoms with Crippen LogP contribution < -0.4 is 5.32 Å². The summed E-state index contributed by atoms with van der Waals surface area (Å²) in [6.07, 6.45) is -2.81. The van der Waals surface area contributed by atoms with Crippen LogP contribution in [0.4, 0.5) is 18.9 Å². The number of thiazole rings is 2. The predicted octanol–water partition coefficient (Wildman–Crippen LogP) is 7.18. The molecule has 2 amide bonds. The molecule has 5 rings (SSSR count). The number of para-hydroxylation sites is 1. The summed E-state index contributed by atoms with van der Waals surface area (Å²) in [5.41, 5.74) is 0.659. The number of nitrogens with one attached hydrogen (secondary N) is 1. The third-order valence-electron chi connectivity index (χ3n) is 6.94. The van der Waals surface area contributed by atoms with Crippen molar-refractivity contribution in [3.63, 3.8) is 0 Å². The van der Waals surface area contributed by atoms with E-state index in [2.05, 4.69) is 10.3 Å². The molecule has 4 aromatic rings. The van der Waals surface area contributed by atoms with Crippen LogP contribution >= 0.6 is 34.9 Å². The number of aromatic nitrogens is 2. The van der Waals surface area contributed by atoms with Gasteiger partial charge in [0.05, 0.1) is 16.0 Å². The smallest absolute Gasteiger partial charge is 0.416 e. The second kappa shape index (κ2) is 12.1. The number of amides is 2. The van der Waals surface area contributed by atoms with Crippen LogP contribution in [0.3, 0.4) is 0 Å². The Morgan fingerprint density at radius 1 is 1.07 bits per heavy atom. The van der Waals surface area contributed by atoms with Gasteiger partial charge in [-0.25, -0.2) is 4.98 Å². The van der Waals surface area contributed by atoms with E-state index in [-0.39, 0.29) is 29.8 Å². The largest absolute Gasteiger partial charge is 0.494 e. The summed E-state index contributed by atoms with van der Waals surface area (Å²) in [5.74, 6) is -0.281. The van der Waals surface area contributed by atoms with Crippen molar-refractivity contribution in [3.05, 3.63) is 79.5 Å². The number of carbonyl (C=O) groups excluding carboxylic acids is 2. The van der Waals surface area contributed by atoms with Gasteiger partial charge in [0.15, 0.2) is 3.95 Å². The van der Waals surface area contributed by atoms with E-state index in [0.717, 1.165) is 17.1 Å². The van der Waals surface area contributed by atoms with Crippen molar-refractivity contribution >= 4 is 52.4 Å². The van der Waals surface area contributed by atoms with Crippen molar-refractivity contribution in [3.8, 4) is 17.0 Å². The molecule has 0 atom stereocenters. The fraction of sp³-hybridized carbons (Fsp3) is 0.286. The van der Waals surface area contributed by atoms with Gasteiger partial charge in [0.2, 0.25) is 11.8 Å². The molecule has 0 bridgehead atoms. The van der Waals surface area contributed by atoms with Crippen LogP contribution in [0.5, 0.6) is 5.88 Å². The SMILES string of the molecule is O=C(Nc1ccccc1-c1cccc(C(F)(F)F)c1)c1csc(C2CCN(C(=O)CCn3c(O)csc3=S)CC2)n1. The molecule has 0 aliphatic carbocycles. The van der Waals surface area contributed by atoms with E-state index in [9.17, 15) is 27.9 Å². The van der Waals surface area contributed by atoms with Crippen LogP contribution in [0.2, 0.25) is 0 Å². The van der Waals surface area contributed by atoms with Crippen LogP contribution in [0.1, 0.15) is 46.2 Å². The minimum Gasteiger partial charge on any atom is -0.494 e. The second-order valence-corrected chi connectivity index (χ2v) is 12.0. The molecule has 1 saturated heterocycles. The van der Waals surface area contributed by atoms with Crippen LogP contribution in [0.25, 0.3) is 11.1 Å². The minimum atomic E-state index is -4.48. The first kappa shape index (κ1) is 29.0. The molecule has 214 valence electrons. The van der Waals surface area contributed by atoms with Gasteiger partial charge in [-0.2, -0.15) is 13.2 Å². The average Bonchev–Trinajstić information content (AvgIpc) is 3.58. The van der Waals surface area contributed by atoms with Crippen LogP contribution in [0.15, 0.2) is 59.3 Å². The molecule has 41 heavy (non-hydrogen) atoms. The maximum atomic E-state index is 13.2. The fourth-order valence-corrected chi connectivity index (χ4v) is 6.69. The van der Waals surface area contributed by atoms with Crippen molar-refractivity contribution in [1.29, 1.82) is 0 Å². The highest BCUT2D eigenvalue weighted by atomic mass is 32.1. The Morgan fingerprint density at radius 3 is 2.54 bits per heavy atom. The lowest BCUT2D eigenvalue weighted by atomic mass is 9.97. The molecule has 0 spiro atoms. The number of likely N-dealkylation sites (tertiary alicyclic amines) is 1. The third kappa shape index (κ3) is 6.68. The summed E-state index contributed by atoms with van der Waals surface area (Å²) in [6.45, 7) is 1.46. The fourth-order valence-electron chi connectivity index (χ4n) is 4.74. The molecule has 0 radical (unpaired) electrons. The number of alkyl halides is 3. The van der Waals surface area contributed by atoms with E-state index in [1.807, 2.05) is 0 Å². The molecule has 1 aliphatic rings. The Balaban J connectivity index is 1.20. The molecule has 2 aromatic heterocycles. The zero-order valence-corrected chi connectivity index (χ0v) is 24.0. The number of benzene rings is 2. The quantitative estimate of drug-likeness (QED) is 0.214. The zero-order chi connectivity index (χ0) is 29.1. The maximum absolute atomic E-state index is 13.2. The van der Waals surface area contributed by atoms with Gasteiger partial charge in [-0.15, -0.1) is 22.7 Å². The Labute approximate surface area is 246 Å². The van der Waals surface area contributed by atoms with Gasteiger partial charge < -0.3 is 15.3 Å². The Morgan fingerprint density at radius 2 is 1.83 bits per heavy atom. The van der Waals surface area contributed by atoms with Crippen molar-refractivity contribution in [2.75, 3.05) is 18.4 Å². The molecule has 2 aromatic carbocycles. The molecular weight excluding hydrogens is 594 g/mol. The minimum absolute atomic E-state index is 0.00501. The highest BCUT2D eigenvalue weighted by molar-refractivity contribution is 7.73. The van der Waals surface area contributed by atoms with E-state index in [1.54, 1.807) is 50.6 Å². The average molecular weight is 619 g/mol. The van der Waals surface area contributed by atoms with Crippen molar-refractivity contribution < 1.29 is 27.9 Å². The standard InChI is InChI=1S/C28H25F3N4O3S3/c29-28(30,31)19-5-3-4-18(14-19)20-6-1-2-7-21(20)32-25(38)22-15-40-26(33-22)17-8-11-34(12-9-17)23(36)10-13-35-24(37)16-41-27(35)39/h1-7,14-17,37H,8-13H2,(H,32,38). The van der Waals surface area contributed by atoms with Crippen LogP contribution in [-0.4, -0.2) is 44.5 Å². The van der Waals surface area contributed by atoms with Gasteiger partial charge in [-0.3, -0.25) is 14.2 Å². The van der Waals surface area contributed by atoms with Crippen LogP contribution in [0, 0.1) is 3.95 Å². The van der Waals surface area contributed by atoms with Crippen LogP contribution in [-0.2, 0) is 17.5 Å². The zero-order valence-electron chi connectivity index (χ0n) is 21.6. The number of carbonyl (C=O) groups is 2. The molecule has 1 aliphatic heterocycles. The summed E-state index contributed by atoms with van der Waals surface area (Å²) in [6, 6.07) is 11.7. The van der Waals surface area contributed by atoms with E-state index < -0.39 is 17.6 Å². The Hall–Kier alpha value is -3.55. The van der Waals surface area contributed by atoms with E-state index >= 15 is 0 Å². The number of rotatable bonds is 7. The molecule has 13 heteroatoms. The molecule has 0 saturated carbocycles. The van der Waals surface area contributed by atoms with Gasteiger partial charge in [0.1, 0.15) is 5.69 Å².